The first-order chi connectivity index (χ1) is 13.8. The molecule has 0 aliphatic heterocycles. The molecule has 154 valence electrons. The molecule has 2 aromatic carbocycles. The molecule has 1 saturated carbocycles. The summed E-state index contributed by atoms with van der Waals surface area (Å²) in [6, 6.07) is 15.3. The van der Waals surface area contributed by atoms with E-state index in [0.29, 0.717) is 11.6 Å². The number of carbonyl (C=O) groups excluding carboxylic acids is 2. The van der Waals surface area contributed by atoms with E-state index in [2.05, 4.69) is 0 Å². The number of halogens is 1. The summed E-state index contributed by atoms with van der Waals surface area (Å²) in [5.74, 6) is -0.552. The smallest absolute Gasteiger partial charge is 0.317 e. The Balaban J connectivity index is 1.56. The Labute approximate surface area is 177 Å². The zero-order valence-corrected chi connectivity index (χ0v) is 17.9. The molecule has 2 aromatic rings. The molecule has 1 fully saturated rings. The van der Waals surface area contributed by atoms with Crippen LogP contribution < -0.4 is 4.90 Å². The van der Waals surface area contributed by atoms with E-state index in [1.165, 1.54) is 0 Å². The van der Waals surface area contributed by atoms with Crippen LogP contribution >= 0.6 is 11.6 Å². The second-order valence-corrected chi connectivity index (χ2v) is 8.27. The lowest BCUT2D eigenvalue weighted by Gasteiger charge is -2.39. The molecule has 0 atom stereocenters. The highest BCUT2D eigenvalue weighted by atomic mass is 35.5. The molecule has 0 unspecified atom stereocenters. The van der Waals surface area contributed by atoms with E-state index in [1.807, 2.05) is 55.4 Å². The summed E-state index contributed by atoms with van der Waals surface area (Å²) < 4.78 is 5.44. The molecule has 1 aliphatic rings. The molecule has 1 aliphatic carbocycles. The summed E-state index contributed by atoms with van der Waals surface area (Å²) in [5, 5.41) is 0.631. The van der Waals surface area contributed by atoms with Crippen LogP contribution in [0, 0.1) is 0 Å². The van der Waals surface area contributed by atoms with Crippen LogP contribution in [0.4, 0.5) is 5.69 Å². The maximum atomic E-state index is 12.8. The average Bonchev–Trinajstić information content (AvgIpc) is 2.67. The highest BCUT2D eigenvalue weighted by molar-refractivity contribution is 6.30. The minimum Gasteiger partial charge on any atom is -0.455 e. The quantitative estimate of drug-likeness (QED) is 0.642. The molecular formula is C23H27ClN2O3. The van der Waals surface area contributed by atoms with Crippen LogP contribution in [0.3, 0.4) is 0 Å². The summed E-state index contributed by atoms with van der Waals surface area (Å²) in [5.41, 5.74) is 2.38. The van der Waals surface area contributed by atoms with Gasteiger partial charge in [-0.05, 0) is 48.2 Å². The lowest BCUT2D eigenvalue weighted by molar-refractivity contribution is -0.160. The van der Waals surface area contributed by atoms with Gasteiger partial charge in [-0.3, -0.25) is 9.59 Å². The molecule has 0 radical (unpaired) electrons. The average molecular weight is 415 g/mol. The molecule has 1 amide bonds. The van der Waals surface area contributed by atoms with E-state index in [4.69, 9.17) is 16.3 Å². The van der Waals surface area contributed by atoms with Gasteiger partial charge < -0.3 is 14.5 Å². The third-order valence-electron chi connectivity index (χ3n) is 5.62. The van der Waals surface area contributed by atoms with Crippen molar-refractivity contribution in [2.75, 3.05) is 32.6 Å². The molecule has 0 saturated heterocycles. The SMILES string of the molecule is CN(Cc1ccc(N(C)C)cc1)C(=O)COC(=O)C1(c2ccc(Cl)cc2)CCC1. The fourth-order valence-corrected chi connectivity index (χ4v) is 3.67. The standard InChI is InChI=1S/C23H27ClN2O3/c1-25(2)20-11-5-17(6-12-20)15-26(3)21(27)16-29-22(28)23(13-4-14-23)18-7-9-19(24)10-8-18/h5-12H,4,13-16H2,1-3H3. The van der Waals surface area contributed by atoms with E-state index in [1.54, 1.807) is 24.1 Å². The van der Waals surface area contributed by atoms with Crippen molar-refractivity contribution in [2.24, 2.45) is 0 Å². The van der Waals surface area contributed by atoms with Gasteiger partial charge in [-0.1, -0.05) is 42.3 Å². The fourth-order valence-electron chi connectivity index (χ4n) is 3.55. The van der Waals surface area contributed by atoms with Crippen molar-refractivity contribution in [3.05, 3.63) is 64.7 Å². The van der Waals surface area contributed by atoms with Gasteiger partial charge in [0.15, 0.2) is 6.61 Å². The number of esters is 1. The number of carbonyl (C=O) groups is 2. The third kappa shape index (κ3) is 4.73. The number of rotatable bonds is 7. The Hall–Kier alpha value is -2.53. The predicted molar refractivity (Wildman–Crippen MR) is 115 cm³/mol. The molecule has 29 heavy (non-hydrogen) atoms. The molecule has 0 heterocycles. The van der Waals surface area contributed by atoms with Crippen LogP contribution in [-0.2, 0) is 26.3 Å². The van der Waals surface area contributed by atoms with Crippen molar-refractivity contribution in [1.29, 1.82) is 0 Å². The van der Waals surface area contributed by atoms with Gasteiger partial charge in [0.2, 0.25) is 0 Å². The first-order valence-corrected chi connectivity index (χ1v) is 10.1. The summed E-state index contributed by atoms with van der Waals surface area (Å²) in [4.78, 5) is 28.9. The van der Waals surface area contributed by atoms with Crippen LogP contribution in [0.5, 0.6) is 0 Å². The van der Waals surface area contributed by atoms with Crippen molar-refractivity contribution in [2.45, 2.75) is 31.2 Å². The van der Waals surface area contributed by atoms with Crippen LogP contribution in [0.25, 0.3) is 0 Å². The Kier molecular flexibility index (Phi) is 6.48. The highest BCUT2D eigenvalue weighted by Crippen LogP contribution is 2.45. The second-order valence-electron chi connectivity index (χ2n) is 7.83. The van der Waals surface area contributed by atoms with Crippen LogP contribution in [0.15, 0.2) is 48.5 Å². The minimum absolute atomic E-state index is 0.222. The van der Waals surface area contributed by atoms with Crippen molar-refractivity contribution in [3.8, 4) is 0 Å². The number of hydrogen-bond donors (Lipinski definition) is 0. The largest absolute Gasteiger partial charge is 0.455 e. The van der Waals surface area contributed by atoms with E-state index in [9.17, 15) is 9.59 Å². The molecule has 0 N–H and O–H groups in total. The zero-order valence-electron chi connectivity index (χ0n) is 17.2. The molecule has 0 bridgehead atoms. The van der Waals surface area contributed by atoms with Gasteiger partial charge in [0.25, 0.3) is 5.91 Å². The first kappa shape index (κ1) is 21.2. The summed E-state index contributed by atoms with van der Waals surface area (Å²) >= 11 is 5.96. The van der Waals surface area contributed by atoms with Crippen LogP contribution in [0.2, 0.25) is 5.02 Å². The Morgan fingerprint density at radius 2 is 1.62 bits per heavy atom. The fraction of sp³-hybridized carbons (Fsp3) is 0.391. The lowest BCUT2D eigenvalue weighted by Crippen LogP contribution is -2.45. The molecular weight excluding hydrogens is 388 g/mol. The van der Waals surface area contributed by atoms with Crippen molar-refractivity contribution in [1.82, 2.24) is 4.90 Å². The number of hydrogen-bond acceptors (Lipinski definition) is 4. The van der Waals surface area contributed by atoms with Crippen molar-refractivity contribution in [3.63, 3.8) is 0 Å². The van der Waals surface area contributed by atoms with Crippen LogP contribution in [0.1, 0.15) is 30.4 Å². The van der Waals surface area contributed by atoms with Gasteiger partial charge in [0.1, 0.15) is 0 Å². The van der Waals surface area contributed by atoms with Crippen molar-refractivity contribution >= 4 is 29.2 Å². The van der Waals surface area contributed by atoms with E-state index in [0.717, 1.165) is 36.1 Å². The number of ether oxygens (including phenoxy) is 1. The van der Waals surface area contributed by atoms with Gasteiger partial charge in [0.05, 0.1) is 5.41 Å². The van der Waals surface area contributed by atoms with E-state index < -0.39 is 5.41 Å². The topological polar surface area (TPSA) is 49.9 Å². The van der Waals surface area contributed by atoms with Gasteiger partial charge in [-0.25, -0.2) is 0 Å². The van der Waals surface area contributed by atoms with Gasteiger partial charge in [-0.2, -0.15) is 0 Å². The summed E-state index contributed by atoms with van der Waals surface area (Å²) in [6.07, 6.45) is 2.43. The van der Waals surface area contributed by atoms with Gasteiger partial charge in [0, 0.05) is 38.4 Å². The van der Waals surface area contributed by atoms with Gasteiger partial charge >= 0.3 is 5.97 Å². The monoisotopic (exact) mass is 414 g/mol. The summed E-state index contributed by atoms with van der Waals surface area (Å²) in [7, 11) is 5.68. The first-order valence-electron chi connectivity index (χ1n) is 9.75. The normalized spacial score (nSPS) is 14.6. The Morgan fingerprint density at radius 1 is 1.00 bits per heavy atom. The summed E-state index contributed by atoms with van der Waals surface area (Å²) in [6.45, 7) is 0.215. The van der Waals surface area contributed by atoms with E-state index in [-0.39, 0.29) is 18.5 Å². The molecule has 0 aromatic heterocycles. The number of anilines is 1. The molecule has 6 heteroatoms. The lowest BCUT2D eigenvalue weighted by atomic mass is 9.64. The maximum Gasteiger partial charge on any atom is 0.317 e. The number of amides is 1. The number of nitrogens with zero attached hydrogens (tertiary/aromatic N) is 2. The second kappa shape index (κ2) is 8.87. The number of benzene rings is 2. The predicted octanol–water partition coefficient (Wildman–Crippen LogP) is 4.03. The third-order valence-corrected chi connectivity index (χ3v) is 5.87. The Bertz CT molecular complexity index is 859. The molecule has 0 spiro atoms. The highest BCUT2D eigenvalue weighted by Gasteiger charge is 2.47. The molecule has 3 rings (SSSR count). The molecule has 5 nitrogen and oxygen atoms in total. The van der Waals surface area contributed by atoms with E-state index >= 15 is 0 Å². The zero-order chi connectivity index (χ0) is 21.0. The van der Waals surface area contributed by atoms with Gasteiger partial charge in [-0.15, -0.1) is 0 Å². The minimum atomic E-state index is -0.647. The Morgan fingerprint density at radius 3 is 2.14 bits per heavy atom. The number of likely N-dealkylation sites (N-methyl/N-ethyl adjacent to an activating group) is 1. The van der Waals surface area contributed by atoms with Crippen LogP contribution in [-0.4, -0.2) is 44.5 Å². The van der Waals surface area contributed by atoms with Crippen molar-refractivity contribution < 1.29 is 14.3 Å². The maximum absolute atomic E-state index is 12.8.